The second-order valence-electron chi connectivity index (χ2n) is 9.11. The molecule has 2 aromatic rings. The van der Waals surface area contributed by atoms with Gasteiger partial charge in [-0.2, -0.15) is 4.31 Å². The van der Waals surface area contributed by atoms with Crippen LogP contribution in [0.1, 0.15) is 41.5 Å². The molecule has 2 N–H and O–H groups in total. The Labute approximate surface area is 208 Å². The molecule has 0 aliphatic carbocycles. The summed E-state index contributed by atoms with van der Waals surface area (Å²) in [6.45, 7) is 6.38. The zero-order valence-electron chi connectivity index (χ0n) is 19.4. The van der Waals surface area contributed by atoms with E-state index < -0.39 is 33.4 Å². The van der Waals surface area contributed by atoms with Gasteiger partial charge in [0, 0.05) is 24.3 Å². The first-order valence-electron chi connectivity index (χ1n) is 10.9. The van der Waals surface area contributed by atoms with Crippen LogP contribution in [0.25, 0.3) is 0 Å². The van der Waals surface area contributed by atoms with Gasteiger partial charge in [-0.05, 0) is 57.2 Å². The number of hydrogen-bond donors (Lipinski definition) is 2. The third-order valence-corrected chi connectivity index (χ3v) is 7.83. The number of hydrogen-bond acceptors (Lipinski definition) is 6. The molecular weight excluding hydrogens is 496 g/mol. The molecule has 12 heteroatoms. The summed E-state index contributed by atoms with van der Waals surface area (Å²) < 4.78 is 32.4. The molecule has 186 valence electrons. The van der Waals surface area contributed by atoms with Crippen LogP contribution >= 0.6 is 11.6 Å². The van der Waals surface area contributed by atoms with Crippen molar-refractivity contribution in [2.45, 2.75) is 31.2 Å². The molecule has 10 nitrogen and oxygen atoms in total. The lowest BCUT2D eigenvalue weighted by atomic mass is 10.1. The first kappa shape index (κ1) is 25.1. The number of imide groups is 1. The van der Waals surface area contributed by atoms with Crippen LogP contribution in [0.5, 0.6) is 0 Å². The van der Waals surface area contributed by atoms with Crippen LogP contribution in [0, 0.1) is 0 Å². The number of carbonyl (C=O) groups excluding carboxylic acids is 3. The van der Waals surface area contributed by atoms with Gasteiger partial charge < -0.3 is 15.4 Å². The number of halogens is 1. The molecule has 0 spiro atoms. The number of nitrogens with zero attached hydrogens (tertiary/aromatic N) is 2. The topological polar surface area (TPSA) is 125 Å². The second-order valence-corrected chi connectivity index (χ2v) is 11.5. The lowest BCUT2D eigenvalue weighted by Gasteiger charge is -2.29. The molecule has 0 unspecified atom stereocenters. The highest BCUT2D eigenvalue weighted by atomic mass is 35.5. The average molecular weight is 521 g/mol. The minimum absolute atomic E-state index is 0.0111. The average Bonchev–Trinajstić information content (AvgIpc) is 3.05. The predicted octanol–water partition coefficient (Wildman–Crippen LogP) is 3.40. The van der Waals surface area contributed by atoms with Crippen LogP contribution in [0.4, 0.5) is 16.2 Å². The number of nitrogens with one attached hydrogen (secondary N) is 2. The lowest BCUT2D eigenvalue weighted by molar-refractivity contribution is 0.0507. The maximum Gasteiger partial charge on any atom is 0.323 e. The summed E-state index contributed by atoms with van der Waals surface area (Å²) >= 11 is 6.19. The van der Waals surface area contributed by atoms with Gasteiger partial charge in [0.15, 0.2) is 0 Å². The number of ether oxygens (including phenoxy) is 1. The molecule has 2 aliphatic rings. The van der Waals surface area contributed by atoms with E-state index in [4.69, 9.17) is 16.3 Å². The van der Waals surface area contributed by atoms with Crippen LogP contribution < -0.4 is 10.6 Å². The first-order chi connectivity index (χ1) is 16.4. The number of fused-ring (bicyclic) bond motifs is 1. The Morgan fingerprint density at radius 1 is 0.971 bits per heavy atom. The SMILES string of the molecule is CC(C)(C)N1C(=O)c2ccc(NC(=O)Nc3cc(S(=O)(=O)N4CCOCC4)ccc3Cl)cc2C1=O. The van der Waals surface area contributed by atoms with E-state index in [1.807, 2.05) is 0 Å². The van der Waals surface area contributed by atoms with Gasteiger partial charge in [-0.25, -0.2) is 13.2 Å². The van der Waals surface area contributed by atoms with Crippen molar-refractivity contribution in [1.82, 2.24) is 9.21 Å². The number of rotatable bonds is 4. The highest BCUT2D eigenvalue weighted by molar-refractivity contribution is 7.89. The summed E-state index contributed by atoms with van der Waals surface area (Å²) in [4.78, 5) is 39.2. The van der Waals surface area contributed by atoms with E-state index in [1.165, 1.54) is 45.6 Å². The fourth-order valence-electron chi connectivity index (χ4n) is 3.91. The molecule has 0 bridgehead atoms. The maximum absolute atomic E-state index is 12.9. The summed E-state index contributed by atoms with van der Waals surface area (Å²) in [5.74, 6) is -0.829. The molecule has 1 saturated heterocycles. The number of amides is 4. The van der Waals surface area contributed by atoms with Crippen LogP contribution in [0.2, 0.25) is 5.02 Å². The van der Waals surface area contributed by atoms with Gasteiger partial charge in [-0.1, -0.05) is 11.6 Å². The molecule has 35 heavy (non-hydrogen) atoms. The van der Waals surface area contributed by atoms with Crippen LogP contribution in [0.15, 0.2) is 41.3 Å². The van der Waals surface area contributed by atoms with Crippen molar-refractivity contribution in [1.29, 1.82) is 0 Å². The molecular formula is C23H25ClN4O6S. The number of urea groups is 1. The fraction of sp³-hybridized carbons (Fsp3) is 0.348. The largest absolute Gasteiger partial charge is 0.379 e. The molecule has 0 aromatic heterocycles. The van der Waals surface area contributed by atoms with Crippen molar-refractivity contribution in [3.63, 3.8) is 0 Å². The number of benzene rings is 2. The van der Waals surface area contributed by atoms with Crippen molar-refractivity contribution >= 4 is 50.8 Å². The minimum atomic E-state index is -3.78. The van der Waals surface area contributed by atoms with Gasteiger partial charge in [-0.3, -0.25) is 14.5 Å². The van der Waals surface area contributed by atoms with E-state index in [9.17, 15) is 22.8 Å². The first-order valence-corrected chi connectivity index (χ1v) is 12.7. The Morgan fingerprint density at radius 3 is 2.29 bits per heavy atom. The normalized spacial score (nSPS) is 16.9. The zero-order valence-corrected chi connectivity index (χ0v) is 21.0. The molecule has 4 rings (SSSR count). The quantitative estimate of drug-likeness (QED) is 0.595. The Morgan fingerprint density at radius 2 is 1.63 bits per heavy atom. The number of morpholine rings is 1. The van der Waals surface area contributed by atoms with Crippen LogP contribution in [-0.2, 0) is 14.8 Å². The molecule has 1 fully saturated rings. The molecule has 4 amide bonds. The van der Waals surface area contributed by atoms with Gasteiger partial charge in [0.25, 0.3) is 11.8 Å². The van der Waals surface area contributed by atoms with Crippen molar-refractivity contribution in [3.05, 3.63) is 52.5 Å². The van der Waals surface area contributed by atoms with E-state index in [0.717, 1.165) is 0 Å². The Hall–Kier alpha value is -2.99. The van der Waals surface area contributed by atoms with Gasteiger partial charge in [-0.15, -0.1) is 0 Å². The molecule has 2 aliphatic heterocycles. The maximum atomic E-state index is 12.9. The fourth-order valence-corrected chi connectivity index (χ4v) is 5.51. The molecule has 0 radical (unpaired) electrons. The summed E-state index contributed by atoms with van der Waals surface area (Å²) in [6.07, 6.45) is 0. The summed E-state index contributed by atoms with van der Waals surface area (Å²) in [5, 5.41) is 5.28. The number of sulfonamides is 1. The smallest absolute Gasteiger partial charge is 0.323 e. The Kier molecular flexibility index (Phi) is 6.62. The monoisotopic (exact) mass is 520 g/mol. The van der Waals surface area contributed by atoms with E-state index in [1.54, 1.807) is 20.8 Å². The molecule has 0 saturated carbocycles. The molecule has 0 atom stereocenters. The molecule has 2 aromatic carbocycles. The van der Waals surface area contributed by atoms with Gasteiger partial charge in [0.1, 0.15) is 0 Å². The van der Waals surface area contributed by atoms with Gasteiger partial charge in [0.05, 0.1) is 39.9 Å². The summed E-state index contributed by atoms with van der Waals surface area (Å²) in [7, 11) is -3.78. The van der Waals surface area contributed by atoms with Gasteiger partial charge >= 0.3 is 6.03 Å². The van der Waals surface area contributed by atoms with Crippen molar-refractivity contribution in [2.24, 2.45) is 0 Å². The van der Waals surface area contributed by atoms with Crippen molar-refractivity contribution in [2.75, 3.05) is 36.9 Å². The third-order valence-electron chi connectivity index (χ3n) is 5.61. The summed E-state index contributed by atoms with van der Waals surface area (Å²) in [5.41, 5.74) is 0.150. The summed E-state index contributed by atoms with van der Waals surface area (Å²) in [6, 6.07) is 7.79. The molecule has 2 heterocycles. The lowest BCUT2D eigenvalue weighted by Crippen LogP contribution is -2.45. The Bertz CT molecular complexity index is 1320. The number of carbonyl (C=O) groups is 3. The minimum Gasteiger partial charge on any atom is -0.379 e. The van der Waals surface area contributed by atoms with Crippen LogP contribution in [-0.4, -0.2) is 67.3 Å². The zero-order chi connectivity index (χ0) is 25.5. The number of anilines is 2. The second kappa shape index (κ2) is 9.23. The van der Waals surface area contributed by atoms with E-state index in [-0.39, 0.29) is 45.5 Å². The van der Waals surface area contributed by atoms with Crippen molar-refractivity contribution < 1.29 is 27.5 Å². The highest BCUT2D eigenvalue weighted by Gasteiger charge is 2.42. The van der Waals surface area contributed by atoms with Crippen molar-refractivity contribution in [3.8, 4) is 0 Å². The van der Waals surface area contributed by atoms with Gasteiger partial charge in [0.2, 0.25) is 10.0 Å². The van der Waals surface area contributed by atoms with E-state index in [0.29, 0.717) is 13.2 Å². The van der Waals surface area contributed by atoms with Crippen LogP contribution in [0.3, 0.4) is 0 Å². The third kappa shape index (κ3) is 4.90. The van der Waals surface area contributed by atoms with E-state index in [2.05, 4.69) is 10.6 Å². The predicted molar refractivity (Wildman–Crippen MR) is 130 cm³/mol. The highest BCUT2D eigenvalue weighted by Crippen LogP contribution is 2.31. The standard InChI is InChI=1S/C23H25ClN4O6S/c1-23(2,3)28-20(29)16-6-4-14(12-17(16)21(28)30)25-22(31)26-19-13-15(5-7-18(19)24)35(32,33)27-8-10-34-11-9-27/h4-7,12-13H,8-11H2,1-3H3,(H2,25,26,31). The van der Waals surface area contributed by atoms with E-state index >= 15 is 0 Å². The Balaban J connectivity index is 1.51.